The van der Waals surface area contributed by atoms with Gasteiger partial charge in [0.1, 0.15) is 5.01 Å². The lowest BCUT2D eigenvalue weighted by Gasteiger charge is -2.41. The molecule has 1 N–H and O–H groups in total. The van der Waals surface area contributed by atoms with E-state index in [0.717, 1.165) is 28.2 Å². The first-order valence-corrected chi connectivity index (χ1v) is 12.0. The third-order valence-corrected chi connectivity index (χ3v) is 6.98. The molecule has 1 aliphatic rings. The molecule has 0 bridgehead atoms. The average molecular weight is 481 g/mol. The lowest BCUT2D eigenvalue weighted by Crippen LogP contribution is -2.47. The number of nitrogens with one attached hydrogen (secondary N) is 1. The molecule has 2 atom stereocenters. The van der Waals surface area contributed by atoms with E-state index in [2.05, 4.69) is 15.5 Å². The van der Waals surface area contributed by atoms with Crippen LogP contribution in [0, 0.1) is 12.8 Å². The number of rotatable bonds is 7. The first kappa shape index (κ1) is 23.7. The number of carbonyl (C=O) groups excluding carboxylic acids is 2. The normalized spacial score (nSPS) is 18.0. The summed E-state index contributed by atoms with van der Waals surface area (Å²) in [6, 6.07) is 12.8. The quantitative estimate of drug-likeness (QED) is 0.533. The average Bonchev–Trinajstić information content (AvgIpc) is 3.31. The van der Waals surface area contributed by atoms with Crippen LogP contribution in [0.1, 0.15) is 41.9 Å². The van der Waals surface area contributed by atoms with Gasteiger partial charge in [0.2, 0.25) is 16.9 Å². The van der Waals surface area contributed by atoms with E-state index in [1.807, 2.05) is 50.2 Å². The molecule has 0 spiro atoms. The van der Waals surface area contributed by atoms with Crippen molar-refractivity contribution in [3.63, 3.8) is 0 Å². The number of ether oxygens (including phenoxy) is 2. The van der Waals surface area contributed by atoms with Crippen molar-refractivity contribution in [3.8, 4) is 11.5 Å². The smallest absolute Gasteiger partial charge is 0.231 e. The topological polar surface area (TPSA) is 93.7 Å². The van der Waals surface area contributed by atoms with Crippen LogP contribution in [0.25, 0.3) is 0 Å². The Bertz CT molecular complexity index is 1180. The van der Waals surface area contributed by atoms with Gasteiger partial charge < -0.3 is 19.7 Å². The molecule has 2 aromatic carbocycles. The molecule has 0 saturated carbocycles. The molecule has 0 radical (unpaired) electrons. The molecule has 2 amide bonds. The molecule has 1 fully saturated rings. The molecule has 1 saturated heterocycles. The highest BCUT2D eigenvalue weighted by Gasteiger charge is 2.42. The van der Waals surface area contributed by atoms with Crippen LogP contribution in [0.4, 0.5) is 10.8 Å². The first-order valence-electron chi connectivity index (χ1n) is 11.2. The van der Waals surface area contributed by atoms with Gasteiger partial charge in [-0.1, -0.05) is 42.0 Å². The van der Waals surface area contributed by atoms with E-state index in [9.17, 15) is 9.59 Å². The van der Waals surface area contributed by atoms with Gasteiger partial charge in [0.15, 0.2) is 11.5 Å². The highest BCUT2D eigenvalue weighted by Crippen LogP contribution is 2.43. The Balaban J connectivity index is 1.76. The Hall–Kier alpha value is -3.46. The van der Waals surface area contributed by atoms with Crippen LogP contribution in [0.2, 0.25) is 0 Å². The van der Waals surface area contributed by atoms with E-state index in [1.54, 1.807) is 25.2 Å². The van der Waals surface area contributed by atoms with Crippen molar-refractivity contribution in [2.45, 2.75) is 39.2 Å². The lowest BCUT2D eigenvalue weighted by molar-refractivity contribution is -0.125. The van der Waals surface area contributed by atoms with Gasteiger partial charge in [0, 0.05) is 12.1 Å². The van der Waals surface area contributed by atoms with Crippen LogP contribution in [0.5, 0.6) is 11.5 Å². The molecule has 8 nitrogen and oxygen atoms in total. The fourth-order valence-corrected chi connectivity index (χ4v) is 4.92. The molecule has 34 heavy (non-hydrogen) atoms. The van der Waals surface area contributed by atoms with E-state index in [0.29, 0.717) is 23.1 Å². The zero-order valence-corrected chi connectivity index (χ0v) is 20.5. The Morgan fingerprint density at radius 3 is 2.50 bits per heavy atom. The number of carbonyl (C=O) groups is 2. The predicted molar refractivity (Wildman–Crippen MR) is 132 cm³/mol. The summed E-state index contributed by atoms with van der Waals surface area (Å²) in [5.41, 5.74) is 2.63. The lowest BCUT2D eigenvalue weighted by atomic mass is 9.83. The molecular formula is C25H28N4O4S. The molecule has 4 rings (SSSR count). The van der Waals surface area contributed by atoms with Crippen molar-refractivity contribution in [1.29, 1.82) is 0 Å². The van der Waals surface area contributed by atoms with Crippen molar-refractivity contribution in [2.75, 3.05) is 24.4 Å². The molecular weight excluding hydrogens is 452 g/mol. The van der Waals surface area contributed by atoms with Gasteiger partial charge in [-0.05, 0) is 49.6 Å². The second kappa shape index (κ2) is 10.2. The van der Waals surface area contributed by atoms with Gasteiger partial charge in [-0.3, -0.25) is 9.59 Å². The second-order valence-electron chi connectivity index (χ2n) is 8.15. The van der Waals surface area contributed by atoms with Crippen molar-refractivity contribution < 1.29 is 19.1 Å². The summed E-state index contributed by atoms with van der Waals surface area (Å²) in [6.07, 6.45) is 1.44. The van der Waals surface area contributed by atoms with Gasteiger partial charge in [-0.2, -0.15) is 0 Å². The van der Waals surface area contributed by atoms with Crippen LogP contribution in [0.3, 0.4) is 0 Å². The van der Waals surface area contributed by atoms with Gasteiger partial charge in [0.05, 0.1) is 26.2 Å². The van der Waals surface area contributed by atoms with Crippen LogP contribution in [-0.4, -0.2) is 36.2 Å². The second-order valence-corrected chi connectivity index (χ2v) is 9.21. The van der Waals surface area contributed by atoms with E-state index >= 15 is 0 Å². The Morgan fingerprint density at radius 1 is 1.12 bits per heavy atom. The fourth-order valence-electron chi connectivity index (χ4n) is 4.24. The zero-order valence-electron chi connectivity index (χ0n) is 19.7. The number of methoxy groups -OCH3 is 2. The molecule has 2 heterocycles. The maximum Gasteiger partial charge on any atom is 0.231 e. The van der Waals surface area contributed by atoms with Crippen LogP contribution >= 0.6 is 11.3 Å². The minimum atomic E-state index is -0.526. The fraction of sp³-hybridized carbons (Fsp3) is 0.360. The maximum absolute atomic E-state index is 13.5. The Kier molecular flexibility index (Phi) is 7.12. The van der Waals surface area contributed by atoms with Gasteiger partial charge in [0.25, 0.3) is 0 Å². The number of benzene rings is 2. The number of anilines is 2. The van der Waals surface area contributed by atoms with E-state index < -0.39 is 12.0 Å². The Morgan fingerprint density at radius 2 is 1.85 bits per heavy atom. The van der Waals surface area contributed by atoms with E-state index in [1.165, 1.54) is 11.3 Å². The predicted octanol–water partition coefficient (Wildman–Crippen LogP) is 4.55. The van der Waals surface area contributed by atoms with Crippen LogP contribution < -0.4 is 19.7 Å². The van der Waals surface area contributed by atoms with E-state index in [4.69, 9.17) is 9.47 Å². The number of amides is 2. The molecule has 0 aliphatic carbocycles. The third-order valence-electron chi connectivity index (χ3n) is 5.99. The molecule has 1 aromatic heterocycles. The molecule has 0 unspecified atom stereocenters. The maximum atomic E-state index is 13.5. The largest absolute Gasteiger partial charge is 0.493 e. The summed E-state index contributed by atoms with van der Waals surface area (Å²) in [4.78, 5) is 28.5. The number of hydrogen-bond donors (Lipinski definition) is 1. The highest BCUT2D eigenvalue weighted by atomic mass is 32.1. The summed E-state index contributed by atoms with van der Waals surface area (Å²) in [6.45, 7) is 3.99. The molecule has 178 valence electrons. The Labute approximate surface area is 202 Å². The van der Waals surface area contributed by atoms with Gasteiger partial charge in [-0.25, -0.2) is 0 Å². The van der Waals surface area contributed by atoms with Gasteiger partial charge in [-0.15, -0.1) is 10.2 Å². The monoisotopic (exact) mass is 480 g/mol. The van der Waals surface area contributed by atoms with Crippen LogP contribution in [-0.2, 0) is 16.0 Å². The molecule has 3 aromatic rings. The standard InChI is InChI=1S/C25H28N4O4S/c1-5-21-27-28-25(34-21)26-24(31)18-11-13-22(30)29(17-9-6-15(2)7-10-17)23(18)16-8-12-19(32-3)20(14-16)33-4/h6-10,12,14,18,23H,5,11,13H2,1-4H3,(H,26,28,31)/t18-,23-/m1/s1. The van der Waals surface area contributed by atoms with Crippen molar-refractivity contribution >= 4 is 34.0 Å². The number of hydrogen-bond acceptors (Lipinski definition) is 7. The third kappa shape index (κ3) is 4.75. The van der Waals surface area contributed by atoms with Crippen LogP contribution in [0.15, 0.2) is 42.5 Å². The summed E-state index contributed by atoms with van der Waals surface area (Å²) < 4.78 is 10.9. The summed E-state index contributed by atoms with van der Waals surface area (Å²) in [7, 11) is 3.14. The van der Waals surface area contributed by atoms with Crippen molar-refractivity contribution in [3.05, 3.63) is 58.6 Å². The minimum absolute atomic E-state index is 0.0307. The zero-order chi connectivity index (χ0) is 24.2. The van der Waals surface area contributed by atoms with Crippen molar-refractivity contribution in [1.82, 2.24) is 10.2 Å². The molecule has 1 aliphatic heterocycles. The van der Waals surface area contributed by atoms with Gasteiger partial charge >= 0.3 is 0 Å². The number of nitrogens with zero attached hydrogens (tertiary/aromatic N) is 3. The first-order chi connectivity index (χ1) is 16.4. The number of aromatic nitrogens is 2. The van der Waals surface area contributed by atoms with Crippen molar-refractivity contribution in [2.24, 2.45) is 5.92 Å². The summed E-state index contributed by atoms with van der Waals surface area (Å²) in [5.74, 6) is 0.404. The minimum Gasteiger partial charge on any atom is -0.493 e. The SMILES string of the molecule is CCc1nnc(NC(=O)[C@@H]2CCC(=O)N(c3ccc(C)cc3)[C@@H]2c2ccc(OC)c(OC)c2)s1. The highest BCUT2D eigenvalue weighted by molar-refractivity contribution is 7.15. The summed E-state index contributed by atoms with van der Waals surface area (Å²) in [5, 5.41) is 12.4. The molecule has 9 heteroatoms. The number of piperidine rings is 1. The van der Waals surface area contributed by atoms with E-state index in [-0.39, 0.29) is 18.2 Å². The number of aryl methyl sites for hydroxylation is 2. The summed E-state index contributed by atoms with van der Waals surface area (Å²) >= 11 is 1.36.